The first kappa shape index (κ1) is 11.6. The third kappa shape index (κ3) is 2.81. The van der Waals surface area contributed by atoms with E-state index in [0.717, 1.165) is 17.3 Å². The quantitative estimate of drug-likeness (QED) is 0.873. The molecule has 1 N–H and O–H groups in total. The van der Waals surface area contributed by atoms with Crippen LogP contribution in [-0.2, 0) is 13.0 Å². The molecule has 6 heteroatoms. The van der Waals surface area contributed by atoms with E-state index in [1.165, 1.54) is 10.9 Å². The van der Waals surface area contributed by atoms with Crippen molar-refractivity contribution in [3.05, 3.63) is 48.7 Å². The molecule has 0 saturated carbocycles. The van der Waals surface area contributed by atoms with Crippen molar-refractivity contribution in [2.45, 2.75) is 13.0 Å². The van der Waals surface area contributed by atoms with Gasteiger partial charge in [-0.2, -0.15) is 0 Å². The number of H-pyrrole nitrogens is 1. The van der Waals surface area contributed by atoms with Crippen LogP contribution in [0.4, 0.5) is 0 Å². The molecule has 84 valence electrons. The van der Waals surface area contributed by atoms with Gasteiger partial charge in [0.25, 0.3) is 5.56 Å². The number of nitrogens with zero attached hydrogens (tertiary/aromatic N) is 1. The standard InChI is InChI=1S/C10H9ClN2OS2/c11-8-2-1-7(16-8)3-5-13-6-4-9(14)12-10(13)15/h1-2,4,6H,3,5H2,(H,12,14,15). The summed E-state index contributed by atoms with van der Waals surface area (Å²) in [5.41, 5.74) is -0.166. The van der Waals surface area contributed by atoms with Gasteiger partial charge in [-0.15, -0.1) is 11.3 Å². The Balaban J connectivity index is 2.10. The predicted octanol–water partition coefficient (Wildman–Crippen LogP) is 2.86. The largest absolute Gasteiger partial charge is 0.325 e. The molecule has 3 nitrogen and oxygen atoms in total. The fourth-order valence-electron chi connectivity index (χ4n) is 1.34. The minimum atomic E-state index is -0.166. The van der Waals surface area contributed by atoms with Gasteiger partial charge in [-0.3, -0.25) is 9.78 Å². The topological polar surface area (TPSA) is 37.8 Å². The van der Waals surface area contributed by atoms with Crippen molar-refractivity contribution in [1.29, 1.82) is 0 Å². The molecule has 0 atom stereocenters. The van der Waals surface area contributed by atoms with Gasteiger partial charge in [-0.25, -0.2) is 0 Å². The van der Waals surface area contributed by atoms with E-state index in [-0.39, 0.29) is 5.56 Å². The Morgan fingerprint density at radius 3 is 2.88 bits per heavy atom. The third-order valence-electron chi connectivity index (χ3n) is 2.12. The molecular formula is C10H9ClN2OS2. The number of thiophene rings is 1. The van der Waals surface area contributed by atoms with Crippen LogP contribution in [0.3, 0.4) is 0 Å². The summed E-state index contributed by atoms with van der Waals surface area (Å²) < 4.78 is 3.08. The Labute approximate surface area is 106 Å². The molecule has 0 bridgehead atoms. The van der Waals surface area contributed by atoms with Crippen LogP contribution in [0.5, 0.6) is 0 Å². The molecule has 0 aliphatic heterocycles. The van der Waals surface area contributed by atoms with Crippen molar-refractivity contribution >= 4 is 35.2 Å². The average Bonchev–Trinajstić information content (AvgIpc) is 2.63. The molecule has 0 saturated heterocycles. The smallest absolute Gasteiger partial charge is 0.251 e. The highest BCUT2D eigenvalue weighted by atomic mass is 35.5. The van der Waals surface area contributed by atoms with E-state index in [4.69, 9.17) is 23.8 Å². The molecule has 0 amide bonds. The van der Waals surface area contributed by atoms with Gasteiger partial charge in [-0.1, -0.05) is 11.6 Å². The maximum Gasteiger partial charge on any atom is 0.251 e. The van der Waals surface area contributed by atoms with Gasteiger partial charge in [0.05, 0.1) is 4.34 Å². The Bertz CT molecular complexity index is 599. The summed E-state index contributed by atoms with van der Waals surface area (Å²) in [4.78, 5) is 14.8. The first-order chi connectivity index (χ1) is 7.65. The summed E-state index contributed by atoms with van der Waals surface area (Å²) in [6.07, 6.45) is 2.56. The van der Waals surface area contributed by atoms with Crippen molar-refractivity contribution in [1.82, 2.24) is 9.55 Å². The second kappa shape index (κ2) is 4.95. The molecule has 0 fully saturated rings. The molecule has 0 aromatic carbocycles. The van der Waals surface area contributed by atoms with Crippen LogP contribution >= 0.6 is 35.2 Å². The molecule has 0 radical (unpaired) electrons. The second-order valence-corrected chi connectivity index (χ2v) is 5.45. The Morgan fingerprint density at radius 2 is 2.25 bits per heavy atom. The molecule has 0 spiro atoms. The first-order valence-electron chi connectivity index (χ1n) is 4.69. The molecule has 2 aromatic rings. The van der Waals surface area contributed by atoms with E-state index in [0.29, 0.717) is 4.77 Å². The SMILES string of the molecule is O=c1ccn(CCc2ccc(Cl)s2)c(=S)[nH]1. The maximum atomic E-state index is 11.0. The van der Waals surface area contributed by atoms with Crippen LogP contribution in [0, 0.1) is 4.77 Å². The van der Waals surface area contributed by atoms with Gasteiger partial charge < -0.3 is 4.57 Å². The van der Waals surface area contributed by atoms with Gasteiger partial charge >= 0.3 is 0 Å². The number of aromatic nitrogens is 2. The van der Waals surface area contributed by atoms with Crippen LogP contribution in [0.2, 0.25) is 4.34 Å². The summed E-state index contributed by atoms with van der Waals surface area (Å²) in [6, 6.07) is 5.35. The normalized spacial score (nSPS) is 10.6. The fraction of sp³-hybridized carbons (Fsp3) is 0.200. The first-order valence-corrected chi connectivity index (χ1v) is 6.29. The van der Waals surface area contributed by atoms with Gasteiger partial charge in [0, 0.05) is 23.7 Å². The second-order valence-electron chi connectivity index (χ2n) is 3.26. The van der Waals surface area contributed by atoms with E-state index >= 15 is 0 Å². The highest BCUT2D eigenvalue weighted by Gasteiger charge is 1.99. The van der Waals surface area contributed by atoms with Crippen LogP contribution in [-0.4, -0.2) is 9.55 Å². The number of aryl methyl sites for hydroxylation is 2. The predicted molar refractivity (Wildman–Crippen MR) is 68.9 cm³/mol. The zero-order valence-corrected chi connectivity index (χ0v) is 10.7. The zero-order chi connectivity index (χ0) is 11.5. The summed E-state index contributed by atoms with van der Waals surface area (Å²) in [5, 5.41) is 0. The van der Waals surface area contributed by atoms with Crippen LogP contribution < -0.4 is 5.56 Å². The maximum absolute atomic E-state index is 11.0. The van der Waals surface area contributed by atoms with Crippen molar-refractivity contribution in [3.8, 4) is 0 Å². The van der Waals surface area contributed by atoms with Crippen molar-refractivity contribution < 1.29 is 0 Å². The van der Waals surface area contributed by atoms with Crippen LogP contribution in [0.15, 0.2) is 29.2 Å². The lowest BCUT2D eigenvalue weighted by Gasteiger charge is -2.04. The van der Waals surface area contributed by atoms with Crippen molar-refractivity contribution in [2.24, 2.45) is 0 Å². The molecule has 2 aromatic heterocycles. The third-order valence-corrected chi connectivity index (χ3v) is 3.75. The van der Waals surface area contributed by atoms with Crippen LogP contribution in [0.1, 0.15) is 4.88 Å². The molecule has 0 aliphatic carbocycles. The van der Waals surface area contributed by atoms with Crippen molar-refractivity contribution in [3.63, 3.8) is 0 Å². The van der Waals surface area contributed by atoms with Gasteiger partial charge in [-0.05, 0) is 30.8 Å². The van der Waals surface area contributed by atoms with Crippen LogP contribution in [0.25, 0.3) is 0 Å². The minimum Gasteiger partial charge on any atom is -0.325 e. The number of hydrogen-bond donors (Lipinski definition) is 1. The minimum absolute atomic E-state index is 0.166. The molecular weight excluding hydrogens is 264 g/mol. The highest BCUT2D eigenvalue weighted by molar-refractivity contribution is 7.71. The summed E-state index contributed by atoms with van der Waals surface area (Å²) in [7, 11) is 0. The number of nitrogens with one attached hydrogen (secondary N) is 1. The molecule has 0 unspecified atom stereocenters. The summed E-state index contributed by atoms with van der Waals surface area (Å²) in [6.45, 7) is 0.743. The van der Waals surface area contributed by atoms with E-state index in [9.17, 15) is 4.79 Å². The van der Waals surface area contributed by atoms with Gasteiger partial charge in [0.1, 0.15) is 0 Å². The Kier molecular flexibility index (Phi) is 3.58. The van der Waals surface area contributed by atoms with E-state index in [1.807, 2.05) is 16.7 Å². The van der Waals surface area contributed by atoms with Gasteiger partial charge in [0.15, 0.2) is 4.77 Å². The summed E-state index contributed by atoms with van der Waals surface area (Å²) >= 11 is 12.4. The fourth-order valence-corrected chi connectivity index (χ4v) is 2.67. The molecule has 0 aliphatic rings. The number of aromatic amines is 1. The Hall–Kier alpha value is -0.910. The van der Waals surface area contributed by atoms with E-state index in [2.05, 4.69) is 4.98 Å². The Morgan fingerprint density at radius 1 is 1.44 bits per heavy atom. The van der Waals surface area contributed by atoms with Gasteiger partial charge in [0.2, 0.25) is 0 Å². The number of hydrogen-bond acceptors (Lipinski definition) is 3. The molecule has 2 rings (SSSR count). The number of halogens is 1. The lowest BCUT2D eigenvalue weighted by molar-refractivity contribution is 0.667. The van der Waals surface area contributed by atoms with Crippen molar-refractivity contribution in [2.75, 3.05) is 0 Å². The molecule has 16 heavy (non-hydrogen) atoms. The van der Waals surface area contributed by atoms with E-state index < -0.39 is 0 Å². The summed E-state index contributed by atoms with van der Waals surface area (Å²) in [5.74, 6) is 0. The monoisotopic (exact) mass is 272 g/mol. The lowest BCUT2D eigenvalue weighted by Crippen LogP contribution is -2.11. The average molecular weight is 273 g/mol. The lowest BCUT2D eigenvalue weighted by atomic mass is 10.3. The number of rotatable bonds is 3. The van der Waals surface area contributed by atoms with E-state index in [1.54, 1.807) is 17.5 Å². The highest BCUT2D eigenvalue weighted by Crippen LogP contribution is 2.21. The zero-order valence-electron chi connectivity index (χ0n) is 8.27. The molecule has 2 heterocycles.